The molecule has 6 nitrogen and oxygen atoms in total. The number of rotatable bonds is 3. The Kier molecular flexibility index (Phi) is 3.87. The van der Waals surface area contributed by atoms with Crippen LogP contribution in [0.4, 0.5) is 0 Å². The second kappa shape index (κ2) is 5.85. The van der Waals surface area contributed by atoms with Crippen LogP contribution in [0.5, 0.6) is 5.75 Å². The molecule has 0 spiro atoms. The summed E-state index contributed by atoms with van der Waals surface area (Å²) in [6.45, 7) is 3.56. The molecule has 23 heavy (non-hydrogen) atoms. The number of esters is 1. The molecule has 0 aliphatic rings. The molecule has 3 aromatic rings. The van der Waals surface area contributed by atoms with E-state index in [9.17, 15) is 14.7 Å². The van der Waals surface area contributed by atoms with Gasteiger partial charge in [-0.15, -0.1) is 11.3 Å². The van der Waals surface area contributed by atoms with Crippen molar-refractivity contribution in [3.8, 4) is 17.0 Å². The Bertz CT molecular complexity index is 943. The van der Waals surface area contributed by atoms with Crippen molar-refractivity contribution in [3.05, 3.63) is 44.6 Å². The van der Waals surface area contributed by atoms with E-state index in [-0.39, 0.29) is 34.6 Å². The number of phenols is 1. The van der Waals surface area contributed by atoms with Gasteiger partial charge in [0.2, 0.25) is 11.2 Å². The van der Waals surface area contributed by atoms with Gasteiger partial charge < -0.3 is 14.3 Å². The molecule has 118 valence electrons. The first-order valence-electron chi connectivity index (χ1n) is 6.89. The average Bonchev–Trinajstić information content (AvgIpc) is 3.00. The van der Waals surface area contributed by atoms with Gasteiger partial charge in [-0.2, -0.15) is 0 Å². The second-order valence-electron chi connectivity index (χ2n) is 4.89. The van der Waals surface area contributed by atoms with Gasteiger partial charge in [-0.25, -0.2) is 9.78 Å². The number of aromatic nitrogens is 1. The minimum atomic E-state index is -0.740. The van der Waals surface area contributed by atoms with Gasteiger partial charge in [0.05, 0.1) is 23.4 Å². The minimum absolute atomic E-state index is 0.00338. The Labute approximate surface area is 135 Å². The lowest BCUT2D eigenvalue weighted by Gasteiger charge is -2.09. The molecule has 1 N–H and O–H groups in total. The molecule has 0 saturated carbocycles. The molecule has 0 amide bonds. The average molecular weight is 331 g/mol. The largest absolute Gasteiger partial charge is 0.507 e. The standard InChI is InChI=1S/C16H13NO5S/c1-3-21-16(20)15-12(9-6-23-7-17-9)14(19)13-10(18)4-8(2)5-11(13)22-15/h4-7,18H,3H2,1-2H3. The number of nitrogens with zero attached hydrogens (tertiary/aromatic N) is 1. The van der Waals surface area contributed by atoms with Gasteiger partial charge in [-0.1, -0.05) is 0 Å². The number of carbonyl (C=O) groups excluding carboxylic acids is 1. The number of carbonyl (C=O) groups is 1. The quantitative estimate of drug-likeness (QED) is 0.742. The molecule has 0 fully saturated rings. The summed E-state index contributed by atoms with van der Waals surface area (Å²) in [5.41, 5.74) is 2.18. The molecule has 0 saturated heterocycles. The van der Waals surface area contributed by atoms with E-state index in [1.807, 2.05) is 0 Å². The highest BCUT2D eigenvalue weighted by atomic mass is 32.1. The zero-order valence-corrected chi connectivity index (χ0v) is 13.3. The number of thiazole rings is 1. The van der Waals surface area contributed by atoms with Crippen molar-refractivity contribution < 1.29 is 19.1 Å². The fourth-order valence-electron chi connectivity index (χ4n) is 2.34. The van der Waals surface area contributed by atoms with Crippen molar-refractivity contribution >= 4 is 28.3 Å². The molecular weight excluding hydrogens is 318 g/mol. The van der Waals surface area contributed by atoms with Gasteiger partial charge in [-0.3, -0.25) is 4.79 Å². The van der Waals surface area contributed by atoms with Gasteiger partial charge in [0.1, 0.15) is 16.7 Å². The van der Waals surface area contributed by atoms with E-state index in [0.717, 1.165) is 0 Å². The molecule has 2 aromatic heterocycles. The Morgan fingerprint density at radius 1 is 1.43 bits per heavy atom. The van der Waals surface area contributed by atoms with Crippen LogP contribution >= 0.6 is 11.3 Å². The van der Waals surface area contributed by atoms with Crippen molar-refractivity contribution in [2.45, 2.75) is 13.8 Å². The van der Waals surface area contributed by atoms with E-state index in [1.54, 1.807) is 30.8 Å². The highest BCUT2D eigenvalue weighted by molar-refractivity contribution is 7.07. The second-order valence-corrected chi connectivity index (χ2v) is 5.61. The first-order chi connectivity index (χ1) is 11.0. The van der Waals surface area contributed by atoms with Gasteiger partial charge in [0, 0.05) is 5.38 Å². The fourth-order valence-corrected chi connectivity index (χ4v) is 2.88. The number of fused-ring (bicyclic) bond motifs is 1. The number of benzene rings is 1. The van der Waals surface area contributed by atoms with Crippen LogP contribution in [-0.4, -0.2) is 22.7 Å². The maximum absolute atomic E-state index is 12.8. The van der Waals surface area contributed by atoms with Crippen LogP contribution in [0.15, 0.2) is 32.2 Å². The minimum Gasteiger partial charge on any atom is -0.507 e. The summed E-state index contributed by atoms with van der Waals surface area (Å²) in [5.74, 6) is -1.14. The van der Waals surface area contributed by atoms with Crippen molar-refractivity contribution in [2.24, 2.45) is 0 Å². The Morgan fingerprint density at radius 3 is 2.87 bits per heavy atom. The van der Waals surface area contributed by atoms with Crippen molar-refractivity contribution in [2.75, 3.05) is 6.61 Å². The maximum Gasteiger partial charge on any atom is 0.375 e. The first kappa shape index (κ1) is 15.2. The number of aryl methyl sites for hydroxylation is 1. The van der Waals surface area contributed by atoms with Crippen LogP contribution in [0.2, 0.25) is 0 Å². The third kappa shape index (κ3) is 2.59. The van der Waals surface area contributed by atoms with E-state index in [1.165, 1.54) is 17.4 Å². The summed E-state index contributed by atoms with van der Waals surface area (Å²) in [7, 11) is 0. The van der Waals surface area contributed by atoms with Gasteiger partial charge in [-0.05, 0) is 31.5 Å². The molecule has 0 aliphatic heterocycles. The van der Waals surface area contributed by atoms with Gasteiger partial charge in [0.15, 0.2) is 0 Å². The molecular formula is C16H13NO5S. The van der Waals surface area contributed by atoms with E-state index >= 15 is 0 Å². The lowest BCUT2D eigenvalue weighted by atomic mass is 10.1. The van der Waals surface area contributed by atoms with Crippen LogP contribution in [0.1, 0.15) is 23.0 Å². The predicted octanol–water partition coefficient (Wildman–Crippen LogP) is 3.11. The van der Waals surface area contributed by atoms with Gasteiger partial charge >= 0.3 is 5.97 Å². The highest BCUT2D eigenvalue weighted by Crippen LogP contribution is 2.30. The lowest BCUT2D eigenvalue weighted by Crippen LogP contribution is -2.15. The lowest BCUT2D eigenvalue weighted by molar-refractivity contribution is 0.0492. The van der Waals surface area contributed by atoms with E-state index in [4.69, 9.17) is 9.15 Å². The molecule has 0 aliphatic carbocycles. The molecule has 0 bridgehead atoms. The number of hydrogen-bond donors (Lipinski definition) is 1. The third-order valence-corrected chi connectivity index (χ3v) is 3.85. The molecule has 0 radical (unpaired) electrons. The van der Waals surface area contributed by atoms with Crippen molar-refractivity contribution in [1.29, 1.82) is 0 Å². The monoisotopic (exact) mass is 331 g/mol. The van der Waals surface area contributed by atoms with Crippen molar-refractivity contribution in [1.82, 2.24) is 4.98 Å². The molecule has 3 rings (SSSR count). The third-order valence-electron chi connectivity index (χ3n) is 3.27. The van der Waals surface area contributed by atoms with Crippen LogP contribution < -0.4 is 5.43 Å². The van der Waals surface area contributed by atoms with Gasteiger partial charge in [0.25, 0.3) is 0 Å². The van der Waals surface area contributed by atoms with E-state index < -0.39 is 11.4 Å². The van der Waals surface area contributed by atoms with Crippen LogP contribution in [0.25, 0.3) is 22.2 Å². The van der Waals surface area contributed by atoms with Crippen LogP contribution in [-0.2, 0) is 4.74 Å². The smallest absolute Gasteiger partial charge is 0.375 e. The summed E-state index contributed by atoms with van der Waals surface area (Å²) in [6.07, 6.45) is 0. The zero-order chi connectivity index (χ0) is 16.6. The number of hydrogen-bond acceptors (Lipinski definition) is 7. The van der Waals surface area contributed by atoms with E-state index in [0.29, 0.717) is 11.3 Å². The normalized spacial score (nSPS) is 10.9. The summed E-state index contributed by atoms with van der Waals surface area (Å²) in [6, 6.07) is 3.05. The van der Waals surface area contributed by atoms with Crippen molar-refractivity contribution in [3.63, 3.8) is 0 Å². The molecule has 7 heteroatoms. The molecule has 1 aromatic carbocycles. The summed E-state index contributed by atoms with van der Waals surface area (Å²) in [5, 5.41) is 11.7. The first-order valence-corrected chi connectivity index (χ1v) is 7.83. The zero-order valence-electron chi connectivity index (χ0n) is 12.5. The predicted molar refractivity (Wildman–Crippen MR) is 86.0 cm³/mol. The number of phenolic OH excluding ortho intramolecular Hbond substituents is 1. The van der Waals surface area contributed by atoms with Crippen LogP contribution in [0.3, 0.4) is 0 Å². The van der Waals surface area contributed by atoms with Crippen LogP contribution in [0, 0.1) is 6.92 Å². The molecule has 0 unspecified atom stereocenters. The topological polar surface area (TPSA) is 89.6 Å². The summed E-state index contributed by atoms with van der Waals surface area (Å²) < 4.78 is 10.6. The fraction of sp³-hybridized carbons (Fsp3) is 0.188. The molecule has 2 heterocycles. The number of ether oxygens (including phenoxy) is 1. The Hall–Kier alpha value is -2.67. The summed E-state index contributed by atoms with van der Waals surface area (Å²) in [4.78, 5) is 29.1. The Balaban J connectivity index is 2.42. The number of aromatic hydroxyl groups is 1. The Morgan fingerprint density at radius 2 is 2.22 bits per heavy atom. The van der Waals surface area contributed by atoms with E-state index in [2.05, 4.69) is 4.98 Å². The summed E-state index contributed by atoms with van der Waals surface area (Å²) >= 11 is 1.28. The maximum atomic E-state index is 12.8. The SMILES string of the molecule is CCOC(=O)c1oc2cc(C)cc(O)c2c(=O)c1-c1cscn1. The molecule has 0 atom stereocenters. The highest BCUT2D eigenvalue weighted by Gasteiger charge is 2.25.